The molecular weight excluding hydrogens is 623 g/mol. The molecule has 0 bridgehead atoms. The molecule has 2 aromatic heterocycles. The lowest BCUT2D eigenvalue weighted by molar-refractivity contribution is -0.115. The zero-order valence-electron chi connectivity index (χ0n) is 24.0. The molecule has 3 aromatic carbocycles. The lowest BCUT2D eigenvalue weighted by Gasteiger charge is -2.14. The number of aromatic nitrogens is 5. The standard InChI is InChI=1S/C29H27N7O5S3/c1-17(27(37)30-21-9-15-24(16-10-21)44(38,39)36-29-35-32-18(2)43-29)42-28-31-25(19-5-11-22(40-3)12-6-19)26(33-34-28)20-7-13-23(41-4)14-8-20/h5-17H,1-4H3,(H,30,37)(H,35,36). The SMILES string of the molecule is COc1ccc(-c2nnc(SC(C)C(=O)Nc3ccc(S(=O)(=O)Nc4nnc(C)s4)cc3)nc2-c2ccc(OC)cc2)cc1. The zero-order chi connectivity index (χ0) is 31.3. The quantitative estimate of drug-likeness (QED) is 0.179. The van der Waals surface area contributed by atoms with Crippen LogP contribution in [0.5, 0.6) is 11.5 Å². The summed E-state index contributed by atoms with van der Waals surface area (Å²) in [6.07, 6.45) is 0. The Balaban J connectivity index is 1.31. The molecule has 0 saturated carbocycles. The highest BCUT2D eigenvalue weighted by Crippen LogP contribution is 2.33. The highest BCUT2D eigenvalue weighted by atomic mass is 32.2. The lowest BCUT2D eigenvalue weighted by atomic mass is 10.0. The smallest absolute Gasteiger partial charge is 0.263 e. The van der Waals surface area contributed by atoms with Crippen LogP contribution in [-0.2, 0) is 14.8 Å². The highest BCUT2D eigenvalue weighted by molar-refractivity contribution is 8.00. The molecule has 2 N–H and O–H groups in total. The van der Waals surface area contributed by atoms with Crippen molar-refractivity contribution >= 4 is 49.8 Å². The Morgan fingerprint density at radius 2 is 1.41 bits per heavy atom. The van der Waals surface area contributed by atoms with Gasteiger partial charge in [-0.15, -0.1) is 20.4 Å². The fraction of sp³-hybridized carbons (Fsp3) is 0.172. The monoisotopic (exact) mass is 649 g/mol. The van der Waals surface area contributed by atoms with E-state index >= 15 is 0 Å². The van der Waals surface area contributed by atoms with Gasteiger partial charge in [0.05, 0.1) is 24.4 Å². The van der Waals surface area contributed by atoms with Gasteiger partial charge in [0.25, 0.3) is 10.0 Å². The second kappa shape index (κ2) is 13.4. The number of carbonyl (C=O) groups is 1. The zero-order valence-corrected chi connectivity index (χ0v) is 26.5. The lowest BCUT2D eigenvalue weighted by Crippen LogP contribution is -2.23. The van der Waals surface area contributed by atoms with Crippen LogP contribution in [-0.4, -0.2) is 59.2 Å². The number of aryl methyl sites for hydroxylation is 1. The van der Waals surface area contributed by atoms with Crippen LogP contribution < -0.4 is 19.5 Å². The third kappa shape index (κ3) is 7.30. The van der Waals surface area contributed by atoms with Gasteiger partial charge in [-0.2, -0.15) is 0 Å². The molecule has 2 heterocycles. The van der Waals surface area contributed by atoms with Crippen LogP contribution >= 0.6 is 23.1 Å². The van der Waals surface area contributed by atoms with E-state index in [1.807, 2.05) is 48.5 Å². The number of sulfonamides is 1. The molecule has 226 valence electrons. The summed E-state index contributed by atoms with van der Waals surface area (Å²) in [5, 5.41) is 19.7. The first-order valence-electron chi connectivity index (χ1n) is 13.1. The van der Waals surface area contributed by atoms with Gasteiger partial charge in [0.2, 0.25) is 16.2 Å². The second-order valence-corrected chi connectivity index (χ2v) is 13.4. The van der Waals surface area contributed by atoms with Crippen LogP contribution in [0.4, 0.5) is 10.8 Å². The fourth-order valence-electron chi connectivity index (χ4n) is 3.94. The maximum absolute atomic E-state index is 13.0. The summed E-state index contributed by atoms with van der Waals surface area (Å²) in [5.74, 6) is 1.10. The normalized spacial score (nSPS) is 11.9. The molecule has 15 heteroatoms. The summed E-state index contributed by atoms with van der Waals surface area (Å²) in [6, 6.07) is 20.7. The number of benzene rings is 3. The number of methoxy groups -OCH3 is 2. The predicted molar refractivity (Wildman–Crippen MR) is 170 cm³/mol. The summed E-state index contributed by atoms with van der Waals surface area (Å²) < 4.78 is 38.3. The van der Waals surface area contributed by atoms with E-state index < -0.39 is 15.3 Å². The average Bonchev–Trinajstić information content (AvgIpc) is 3.44. The summed E-state index contributed by atoms with van der Waals surface area (Å²) >= 11 is 2.28. The average molecular weight is 650 g/mol. The van der Waals surface area contributed by atoms with E-state index in [-0.39, 0.29) is 15.9 Å². The maximum atomic E-state index is 13.0. The summed E-state index contributed by atoms with van der Waals surface area (Å²) in [5.41, 5.74) is 3.21. The number of rotatable bonds is 11. The van der Waals surface area contributed by atoms with Gasteiger partial charge in [-0.1, -0.05) is 23.1 Å². The van der Waals surface area contributed by atoms with Crippen molar-refractivity contribution in [2.24, 2.45) is 0 Å². The Morgan fingerprint density at radius 1 is 0.818 bits per heavy atom. The first kappa shape index (κ1) is 30.8. The van der Waals surface area contributed by atoms with Crippen LogP contribution in [0.15, 0.2) is 82.8 Å². The van der Waals surface area contributed by atoms with E-state index in [9.17, 15) is 13.2 Å². The van der Waals surface area contributed by atoms with Gasteiger partial charge in [0, 0.05) is 16.8 Å². The molecule has 0 saturated heterocycles. The van der Waals surface area contributed by atoms with E-state index in [0.717, 1.165) is 34.2 Å². The Morgan fingerprint density at radius 3 is 1.95 bits per heavy atom. The van der Waals surface area contributed by atoms with E-state index in [4.69, 9.17) is 14.5 Å². The second-order valence-electron chi connectivity index (χ2n) is 9.25. The minimum atomic E-state index is -3.86. The number of hydrogen-bond acceptors (Lipinski definition) is 12. The van der Waals surface area contributed by atoms with Gasteiger partial charge >= 0.3 is 0 Å². The van der Waals surface area contributed by atoms with Gasteiger partial charge in [-0.25, -0.2) is 13.4 Å². The van der Waals surface area contributed by atoms with Crippen molar-refractivity contribution < 1.29 is 22.7 Å². The van der Waals surface area contributed by atoms with E-state index in [0.29, 0.717) is 38.7 Å². The molecule has 0 aliphatic carbocycles. The Hall–Kier alpha value is -4.60. The van der Waals surface area contributed by atoms with Gasteiger partial charge < -0.3 is 14.8 Å². The molecule has 1 amide bonds. The van der Waals surface area contributed by atoms with Crippen molar-refractivity contribution in [2.75, 3.05) is 24.3 Å². The number of ether oxygens (including phenoxy) is 2. The minimum absolute atomic E-state index is 0.0215. The highest BCUT2D eigenvalue weighted by Gasteiger charge is 2.21. The van der Waals surface area contributed by atoms with Crippen LogP contribution in [0.2, 0.25) is 0 Å². The largest absolute Gasteiger partial charge is 0.497 e. The fourth-order valence-corrected chi connectivity index (χ4v) is 6.48. The topological polar surface area (TPSA) is 158 Å². The molecule has 12 nitrogen and oxygen atoms in total. The number of carbonyl (C=O) groups excluding carboxylic acids is 1. The number of hydrogen-bond donors (Lipinski definition) is 2. The summed E-state index contributed by atoms with van der Waals surface area (Å²) in [4.78, 5) is 17.8. The van der Waals surface area contributed by atoms with Crippen LogP contribution in [0.1, 0.15) is 11.9 Å². The Labute approximate surface area is 262 Å². The summed E-state index contributed by atoms with van der Waals surface area (Å²) in [7, 11) is -0.657. The number of amides is 1. The van der Waals surface area contributed by atoms with Crippen LogP contribution in [0.3, 0.4) is 0 Å². The number of nitrogens with one attached hydrogen (secondary N) is 2. The predicted octanol–water partition coefficient (Wildman–Crippen LogP) is 5.30. The van der Waals surface area contributed by atoms with Gasteiger partial charge in [-0.3, -0.25) is 9.52 Å². The number of nitrogens with zero attached hydrogens (tertiary/aromatic N) is 5. The van der Waals surface area contributed by atoms with Crippen molar-refractivity contribution in [2.45, 2.75) is 29.1 Å². The van der Waals surface area contributed by atoms with Crippen molar-refractivity contribution in [1.82, 2.24) is 25.4 Å². The van der Waals surface area contributed by atoms with Gasteiger partial charge in [0.1, 0.15) is 27.9 Å². The molecular formula is C29H27N7O5S3. The van der Waals surface area contributed by atoms with Crippen molar-refractivity contribution in [3.63, 3.8) is 0 Å². The number of anilines is 2. The van der Waals surface area contributed by atoms with Crippen LogP contribution in [0, 0.1) is 6.92 Å². The maximum Gasteiger partial charge on any atom is 0.263 e. The molecule has 0 spiro atoms. The molecule has 5 rings (SSSR count). The van der Waals surface area contributed by atoms with E-state index in [1.54, 1.807) is 28.1 Å². The molecule has 0 radical (unpaired) electrons. The van der Waals surface area contributed by atoms with Crippen LogP contribution in [0.25, 0.3) is 22.5 Å². The molecule has 0 fully saturated rings. The molecule has 5 aromatic rings. The first-order chi connectivity index (χ1) is 21.1. The third-order valence-corrected chi connectivity index (χ3v) is 9.42. The van der Waals surface area contributed by atoms with E-state index in [1.165, 1.54) is 24.3 Å². The van der Waals surface area contributed by atoms with Crippen molar-refractivity contribution in [1.29, 1.82) is 0 Å². The molecule has 1 unspecified atom stereocenters. The first-order valence-corrected chi connectivity index (χ1v) is 16.3. The Kier molecular flexibility index (Phi) is 9.37. The third-order valence-electron chi connectivity index (χ3n) is 6.23. The molecule has 44 heavy (non-hydrogen) atoms. The van der Waals surface area contributed by atoms with Crippen molar-refractivity contribution in [3.8, 4) is 34.0 Å². The summed E-state index contributed by atoms with van der Waals surface area (Å²) in [6.45, 7) is 3.45. The molecule has 1 atom stereocenters. The molecule has 0 aliphatic heterocycles. The van der Waals surface area contributed by atoms with E-state index in [2.05, 4.69) is 30.4 Å². The van der Waals surface area contributed by atoms with Gasteiger partial charge in [-0.05, 0) is 86.6 Å². The Bertz CT molecular complexity index is 1870. The van der Waals surface area contributed by atoms with Crippen molar-refractivity contribution in [3.05, 3.63) is 77.8 Å². The minimum Gasteiger partial charge on any atom is -0.497 e. The number of thioether (sulfide) groups is 1. The van der Waals surface area contributed by atoms with Gasteiger partial charge in [0.15, 0.2) is 0 Å². The molecule has 0 aliphatic rings.